The van der Waals surface area contributed by atoms with Crippen LogP contribution in [0.1, 0.15) is 28.8 Å². The Bertz CT molecular complexity index is 545. The summed E-state index contributed by atoms with van der Waals surface area (Å²) in [5.74, 6) is 0.0789. The Kier molecular flexibility index (Phi) is 4.49. The van der Waals surface area contributed by atoms with E-state index in [1.165, 1.54) is 0 Å². The van der Waals surface area contributed by atoms with Gasteiger partial charge >= 0.3 is 0 Å². The van der Waals surface area contributed by atoms with Crippen molar-refractivity contribution in [3.63, 3.8) is 0 Å². The summed E-state index contributed by atoms with van der Waals surface area (Å²) in [7, 11) is 0. The number of nitrogens with zero attached hydrogens (tertiary/aromatic N) is 2. The normalized spacial score (nSPS) is 20.0. The Labute approximate surface area is 123 Å². The number of piperidine rings is 1. The first kappa shape index (κ1) is 14.7. The topological polar surface area (TPSA) is 78.9 Å². The molecule has 0 aliphatic carbocycles. The average molecular weight is 296 g/mol. The third kappa shape index (κ3) is 3.04. The van der Waals surface area contributed by atoms with Gasteiger partial charge in [-0.2, -0.15) is 0 Å². The highest BCUT2D eigenvalue weighted by molar-refractivity contribution is 6.30. The number of hydrogen-bond acceptors (Lipinski definition) is 3. The fourth-order valence-electron chi connectivity index (χ4n) is 2.52. The summed E-state index contributed by atoms with van der Waals surface area (Å²) in [4.78, 5) is 14.3. The van der Waals surface area contributed by atoms with Crippen LogP contribution in [0.25, 0.3) is 0 Å². The van der Waals surface area contributed by atoms with Gasteiger partial charge in [0.25, 0.3) is 5.91 Å². The maximum Gasteiger partial charge on any atom is 0.254 e. The van der Waals surface area contributed by atoms with E-state index in [9.17, 15) is 4.79 Å². The van der Waals surface area contributed by atoms with Gasteiger partial charge in [0.2, 0.25) is 0 Å². The maximum atomic E-state index is 12.5. The van der Waals surface area contributed by atoms with Crippen LogP contribution in [-0.4, -0.2) is 34.9 Å². The molecule has 0 aromatic heterocycles. The summed E-state index contributed by atoms with van der Waals surface area (Å²) in [5, 5.41) is 12.4. The molecule has 0 radical (unpaired) electrons. The predicted octanol–water partition coefficient (Wildman–Crippen LogP) is 2.25. The number of aryl methyl sites for hydroxylation is 1. The number of nitrogens with two attached hydrogens (primary N) is 1. The van der Waals surface area contributed by atoms with E-state index in [-0.39, 0.29) is 17.7 Å². The summed E-state index contributed by atoms with van der Waals surface area (Å²) in [6.07, 6.45) is 1.68. The number of carbonyl (C=O) groups is 1. The number of halogens is 1. The number of amides is 1. The molecule has 1 atom stereocenters. The fourth-order valence-corrected chi connectivity index (χ4v) is 2.75. The van der Waals surface area contributed by atoms with Gasteiger partial charge in [-0.25, -0.2) is 0 Å². The van der Waals surface area contributed by atoms with Gasteiger partial charge in [0.15, 0.2) is 0 Å². The summed E-state index contributed by atoms with van der Waals surface area (Å²) in [6.45, 7) is 3.04. The van der Waals surface area contributed by atoms with Gasteiger partial charge in [-0.1, -0.05) is 16.8 Å². The van der Waals surface area contributed by atoms with Crippen LogP contribution in [0.4, 0.5) is 0 Å². The van der Waals surface area contributed by atoms with Gasteiger partial charge in [0, 0.05) is 29.6 Å². The van der Waals surface area contributed by atoms with Crippen molar-refractivity contribution in [3.05, 3.63) is 34.3 Å². The summed E-state index contributed by atoms with van der Waals surface area (Å²) >= 11 is 5.91. The smallest absolute Gasteiger partial charge is 0.254 e. The molecule has 6 heteroatoms. The lowest BCUT2D eigenvalue weighted by Gasteiger charge is -2.32. The average Bonchev–Trinajstić information content (AvgIpc) is 2.46. The second kappa shape index (κ2) is 6.13. The van der Waals surface area contributed by atoms with Crippen LogP contribution >= 0.6 is 11.6 Å². The molecule has 1 amide bonds. The summed E-state index contributed by atoms with van der Waals surface area (Å²) < 4.78 is 0. The van der Waals surface area contributed by atoms with E-state index in [0.717, 1.165) is 18.4 Å². The largest absolute Gasteiger partial charge is 0.409 e. The summed E-state index contributed by atoms with van der Waals surface area (Å²) in [6, 6.07) is 5.24. The lowest BCUT2D eigenvalue weighted by atomic mass is 9.96. The van der Waals surface area contributed by atoms with Gasteiger partial charge in [0.05, 0.1) is 0 Å². The molecule has 108 valence electrons. The number of benzene rings is 1. The minimum atomic E-state index is -0.0784. The van der Waals surface area contributed by atoms with E-state index < -0.39 is 0 Å². The van der Waals surface area contributed by atoms with Crippen molar-refractivity contribution in [2.45, 2.75) is 19.8 Å². The van der Waals surface area contributed by atoms with Crippen molar-refractivity contribution >= 4 is 23.3 Å². The second-order valence-electron chi connectivity index (χ2n) is 5.07. The molecule has 5 nitrogen and oxygen atoms in total. The molecule has 0 bridgehead atoms. The monoisotopic (exact) mass is 295 g/mol. The molecule has 20 heavy (non-hydrogen) atoms. The highest BCUT2D eigenvalue weighted by Crippen LogP contribution is 2.21. The minimum Gasteiger partial charge on any atom is -0.409 e. The molecule has 1 aliphatic heterocycles. The Morgan fingerprint density at radius 2 is 2.30 bits per heavy atom. The molecular weight excluding hydrogens is 278 g/mol. The standard InChI is InChI=1S/C14H18ClN3O2/c1-9-7-11(15)4-5-12(9)14(19)18-6-2-3-10(8-18)13(16)17-20/h4-5,7,10,20H,2-3,6,8H2,1H3,(H2,16,17). The molecule has 1 aromatic rings. The number of likely N-dealkylation sites (tertiary alicyclic amines) is 1. The molecule has 3 N–H and O–H groups in total. The lowest BCUT2D eigenvalue weighted by Crippen LogP contribution is -2.44. The second-order valence-corrected chi connectivity index (χ2v) is 5.51. The number of hydrogen-bond donors (Lipinski definition) is 2. The first-order valence-corrected chi connectivity index (χ1v) is 6.93. The quantitative estimate of drug-likeness (QED) is 0.380. The van der Waals surface area contributed by atoms with E-state index >= 15 is 0 Å². The number of amidine groups is 1. The molecule has 1 aliphatic rings. The number of oxime groups is 1. The SMILES string of the molecule is Cc1cc(Cl)ccc1C(=O)N1CCCC(/C(N)=N/O)C1. The third-order valence-corrected chi connectivity index (χ3v) is 3.90. The zero-order valence-electron chi connectivity index (χ0n) is 11.3. The van der Waals surface area contributed by atoms with Crippen LogP contribution in [0.2, 0.25) is 5.02 Å². The predicted molar refractivity (Wildman–Crippen MR) is 78.2 cm³/mol. The van der Waals surface area contributed by atoms with Gasteiger partial charge in [-0.15, -0.1) is 0 Å². The third-order valence-electron chi connectivity index (χ3n) is 3.66. The van der Waals surface area contributed by atoms with E-state index in [2.05, 4.69) is 5.16 Å². The zero-order valence-corrected chi connectivity index (χ0v) is 12.1. The van der Waals surface area contributed by atoms with E-state index in [4.69, 9.17) is 22.5 Å². The highest BCUT2D eigenvalue weighted by Gasteiger charge is 2.27. The van der Waals surface area contributed by atoms with E-state index in [0.29, 0.717) is 23.7 Å². The van der Waals surface area contributed by atoms with Crippen LogP contribution in [0.3, 0.4) is 0 Å². The van der Waals surface area contributed by atoms with Crippen LogP contribution in [0.15, 0.2) is 23.4 Å². The Morgan fingerprint density at radius 1 is 1.55 bits per heavy atom. The minimum absolute atomic E-state index is 0.0328. The van der Waals surface area contributed by atoms with Crippen molar-refractivity contribution in [2.75, 3.05) is 13.1 Å². The molecule has 2 rings (SSSR count). The first-order chi connectivity index (χ1) is 9.52. The van der Waals surface area contributed by atoms with Crippen LogP contribution in [0.5, 0.6) is 0 Å². The van der Waals surface area contributed by atoms with Crippen molar-refractivity contribution in [1.29, 1.82) is 0 Å². The van der Waals surface area contributed by atoms with Crippen LogP contribution in [0, 0.1) is 12.8 Å². The van der Waals surface area contributed by atoms with Crippen LogP contribution in [-0.2, 0) is 0 Å². The van der Waals surface area contributed by atoms with Crippen molar-refractivity contribution < 1.29 is 10.0 Å². The van der Waals surface area contributed by atoms with E-state index in [1.807, 2.05) is 6.92 Å². The van der Waals surface area contributed by atoms with Crippen LogP contribution < -0.4 is 5.73 Å². The fraction of sp³-hybridized carbons (Fsp3) is 0.429. The maximum absolute atomic E-state index is 12.5. The molecule has 1 unspecified atom stereocenters. The molecular formula is C14H18ClN3O2. The Hall–Kier alpha value is -1.75. The van der Waals surface area contributed by atoms with Crippen molar-refractivity contribution in [2.24, 2.45) is 16.8 Å². The lowest BCUT2D eigenvalue weighted by molar-refractivity contribution is 0.0700. The number of carbonyl (C=O) groups excluding carboxylic acids is 1. The molecule has 1 heterocycles. The van der Waals surface area contributed by atoms with Gasteiger partial charge in [0.1, 0.15) is 5.84 Å². The van der Waals surface area contributed by atoms with Gasteiger partial charge in [-0.05, 0) is 43.5 Å². The van der Waals surface area contributed by atoms with Gasteiger partial charge < -0.3 is 15.8 Å². The number of rotatable bonds is 2. The van der Waals surface area contributed by atoms with Gasteiger partial charge in [-0.3, -0.25) is 4.79 Å². The molecule has 1 fully saturated rings. The highest BCUT2D eigenvalue weighted by atomic mass is 35.5. The zero-order chi connectivity index (χ0) is 14.7. The Balaban J connectivity index is 2.16. The molecule has 0 saturated carbocycles. The Morgan fingerprint density at radius 3 is 2.95 bits per heavy atom. The van der Waals surface area contributed by atoms with Crippen molar-refractivity contribution in [1.82, 2.24) is 4.90 Å². The molecule has 0 spiro atoms. The van der Waals surface area contributed by atoms with E-state index in [1.54, 1.807) is 23.1 Å². The molecule has 1 aromatic carbocycles. The summed E-state index contributed by atoms with van der Waals surface area (Å²) in [5.41, 5.74) is 7.15. The van der Waals surface area contributed by atoms with Crippen molar-refractivity contribution in [3.8, 4) is 0 Å². The first-order valence-electron chi connectivity index (χ1n) is 6.55. The molecule has 1 saturated heterocycles.